The molecule has 4 rings (SSSR count). The summed E-state index contributed by atoms with van der Waals surface area (Å²) < 4.78 is 1.64. The Labute approximate surface area is 215 Å². The number of rotatable bonds is 9. The lowest BCUT2D eigenvalue weighted by Gasteiger charge is -2.20. The number of pyridine rings is 1. The number of aliphatic hydroxyl groups excluding tert-OH is 1. The van der Waals surface area contributed by atoms with Gasteiger partial charge in [0.25, 0.3) is 5.56 Å². The first kappa shape index (κ1) is 25.7. The summed E-state index contributed by atoms with van der Waals surface area (Å²) in [4.78, 5) is 31.4. The van der Waals surface area contributed by atoms with E-state index >= 15 is 0 Å². The average Bonchev–Trinajstić information content (AvgIpc) is 2.84. The summed E-state index contributed by atoms with van der Waals surface area (Å²) in [6, 6.07) is 7.38. The molecule has 3 aromatic heterocycles. The molecule has 0 bridgehead atoms. The third kappa shape index (κ3) is 5.55. The van der Waals surface area contributed by atoms with Crippen molar-refractivity contribution >= 4 is 28.6 Å². The summed E-state index contributed by atoms with van der Waals surface area (Å²) in [7, 11) is 0. The van der Waals surface area contributed by atoms with Gasteiger partial charge in [0.15, 0.2) is 0 Å². The molecule has 188 valence electrons. The summed E-state index contributed by atoms with van der Waals surface area (Å²) in [6.45, 7) is 8.59. The minimum Gasteiger partial charge on any atom is -0.396 e. The van der Waals surface area contributed by atoms with E-state index in [1.54, 1.807) is 35.3 Å². The Morgan fingerprint density at radius 2 is 1.92 bits per heavy atom. The van der Waals surface area contributed by atoms with Crippen LogP contribution in [0.25, 0.3) is 33.4 Å². The van der Waals surface area contributed by atoms with E-state index in [4.69, 9.17) is 11.6 Å². The third-order valence-corrected chi connectivity index (χ3v) is 6.33. The molecule has 36 heavy (non-hydrogen) atoms. The number of hydrogen-bond donors (Lipinski definition) is 2. The molecule has 1 atom stereocenters. The minimum atomic E-state index is -0.172. The number of fused-ring (bicyclic) bond motifs is 1. The Morgan fingerprint density at radius 3 is 2.58 bits per heavy atom. The minimum absolute atomic E-state index is 0.0453. The first-order valence-corrected chi connectivity index (χ1v) is 12.6. The molecule has 0 amide bonds. The molecular formula is C27H31ClN6O2. The number of halogens is 1. The predicted octanol–water partition coefficient (Wildman–Crippen LogP) is 5.11. The Hall–Kier alpha value is -3.36. The van der Waals surface area contributed by atoms with E-state index in [9.17, 15) is 9.90 Å². The van der Waals surface area contributed by atoms with Crippen molar-refractivity contribution in [2.24, 2.45) is 5.92 Å². The molecule has 0 spiro atoms. The van der Waals surface area contributed by atoms with E-state index < -0.39 is 0 Å². The maximum absolute atomic E-state index is 13.5. The fraction of sp³-hybridized carbons (Fsp3) is 0.370. The van der Waals surface area contributed by atoms with Crippen LogP contribution in [0, 0.1) is 12.8 Å². The van der Waals surface area contributed by atoms with Crippen LogP contribution in [0.5, 0.6) is 0 Å². The first-order valence-electron chi connectivity index (χ1n) is 12.2. The zero-order chi connectivity index (χ0) is 25.8. The summed E-state index contributed by atoms with van der Waals surface area (Å²) in [6.07, 6.45) is 6.58. The molecule has 3 heterocycles. The number of aromatic nitrogens is 5. The zero-order valence-electron chi connectivity index (χ0n) is 21.0. The maximum atomic E-state index is 13.5. The highest BCUT2D eigenvalue weighted by molar-refractivity contribution is 6.33. The van der Waals surface area contributed by atoms with Gasteiger partial charge < -0.3 is 10.4 Å². The van der Waals surface area contributed by atoms with Crippen LogP contribution >= 0.6 is 11.6 Å². The number of anilines is 1. The van der Waals surface area contributed by atoms with Crippen LogP contribution in [0.15, 0.2) is 47.7 Å². The molecule has 0 radical (unpaired) electrons. The quantitative estimate of drug-likeness (QED) is 0.325. The van der Waals surface area contributed by atoms with Crippen LogP contribution in [0.3, 0.4) is 0 Å². The Bertz CT molecular complexity index is 1440. The van der Waals surface area contributed by atoms with Gasteiger partial charge in [0.05, 0.1) is 17.6 Å². The second-order valence-electron chi connectivity index (χ2n) is 9.30. The summed E-state index contributed by atoms with van der Waals surface area (Å²) in [5, 5.41) is 13.9. The molecule has 0 fully saturated rings. The van der Waals surface area contributed by atoms with E-state index in [2.05, 4.69) is 39.1 Å². The van der Waals surface area contributed by atoms with Gasteiger partial charge in [0.1, 0.15) is 5.65 Å². The van der Waals surface area contributed by atoms with Crippen LogP contribution in [-0.4, -0.2) is 42.3 Å². The van der Waals surface area contributed by atoms with Crippen LogP contribution in [0.1, 0.15) is 39.3 Å². The van der Waals surface area contributed by atoms with Gasteiger partial charge in [-0.05, 0) is 44.7 Å². The molecule has 2 N–H and O–H groups in total. The van der Waals surface area contributed by atoms with Crippen molar-refractivity contribution in [1.29, 1.82) is 0 Å². The van der Waals surface area contributed by atoms with Gasteiger partial charge in [-0.15, -0.1) is 0 Å². The van der Waals surface area contributed by atoms with E-state index in [1.807, 2.05) is 26.0 Å². The van der Waals surface area contributed by atoms with Crippen molar-refractivity contribution in [3.05, 3.63) is 63.9 Å². The molecule has 0 aliphatic heterocycles. The van der Waals surface area contributed by atoms with Crippen LogP contribution in [0.2, 0.25) is 5.02 Å². The van der Waals surface area contributed by atoms with Gasteiger partial charge in [0.2, 0.25) is 5.95 Å². The number of aliphatic hydroxyl groups is 1. The number of nitrogens with one attached hydrogen (secondary N) is 1. The Balaban J connectivity index is 1.74. The first-order chi connectivity index (χ1) is 17.3. The SMILES string of the molecule is CCn1c(=O)c(-c2ccc(-c3cncc(C)n3)cc2Cl)cc2cnc(NC(CCO)CC(C)C)nc21. The lowest BCUT2D eigenvalue weighted by atomic mass is 10.0. The molecule has 9 heteroatoms. The summed E-state index contributed by atoms with van der Waals surface area (Å²) in [5.41, 5.74) is 3.87. The molecule has 0 saturated heterocycles. The van der Waals surface area contributed by atoms with Crippen molar-refractivity contribution in [3.8, 4) is 22.4 Å². The number of benzene rings is 1. The highest BCUT2D eigenvalue weighted by Gasteiger charge is 2.17. The van der Waals surface area contributed by atoms with Crippen LogP contribution < -0.4 is 10.9 Å². The van der Waals surface area contributed by atoms with Crippen molar-refractivity contribution in [1.82, 2.24) is 24.5 Å². The molecule has 0 aliphatic carbocycles. The molecule has 0 saturated carbocycles. The average molecular weight is 507 g/mol. The van der Waals surface area contributed by atoms with Crippen molar-refractivity contribution in [3.63, 3.8) is 0 Å². The zero-order valence-corrected chi connectivity index (χ0v) is 21.8. The summed E-state index contributed by atoms with van der Waals surface area (Å²) in [5.74, 6) is 0.901. The molecule has 1 unspecified atom stereocenters. The van der Waals surface area contributed by atoms with Crippen molar-refractivity contribution in [2.75, 3.05) is 11.9 Å². The monoisotopic (exact) mass is 506 g/mol. The molecule has 0 aliphatic rings. The van der Waals surface area contributed by atoms with Crippen molar-refractivity contribution in [2.45, 2.75) is 53.1 Å². The normalized spacial score (nSPS) is 12.3. The molecule has 8 nitrogen and oxygen atoms in total. The number of aryl methyl sites for hydroxylation is 2. The van der Waals surface area contributed by atoms with E-state index in [0.29, 0.717) is 46.6 Å². The fourth-order valence-corrected chi connectivity index (χ4v) is 4.65. The van der Waals surface area contributed by atoms with Gasteiger partial charge in [-0.25, -0.2) is 9.97 Å². The molecule has 1 aromatic carbocycles. The highest BCUT2D eigenvalue weighted by atomic mass is 35.5. The summed E-state index contributed by atoms with van der Waals surface area (Å²) >= 11 is 6.67. The van der Waals surface area contributed by atoms with E-state index in [0.717, 1.165) is 28.8 Å². The third-order valence-electron chi connectivity index (χ3n) is 6.02. The lowest BCUT2D eigenvalue weighted by Crippen LogP contribution is -2.25. The van der Waals surface area contributed by atoms with Gasteiger partial charge in [-0.2, -0.15) is 4.98 Å². The number of hydrogen-bond acceptors (Lipinski definition) is 7. The Morgan fingerprint density at radius 1 is 1.11 bits per heavy atom. The van der Waals surface area contributed by atoms with E-state index in [1.165, 1.54) is 0 Å². The largest absolute Gasteiger partial charge is 0.396 e. The molecule has 4 aromatic rings. The standard InChI is InChI=1S/C27H31ClN6O2/c1-5-34-25-19(14-30-27(33-25)32-20(8-9-35)10-16(2)3)11-22(26(34)36)21-7-6-18(12-23(21)28)24-15-29-13-17(4)31-24/h6-7,11-16,20,35H,5,8-10H2,1-4H3,(H,30,32,33). The van der Waals surface area contributed by atoms with Crippen LogP contribution in [-0.2, 0) is 6.54 Å². The van der Waals surface area contributed by atoms with Gasteiger partial charge >= 0.3 is 0 Å². The van der Waals surface area contributed by atoms with Crippen LogP contribution in [0.4, 0.5) is 5.95 Å². The van der Waals surface area contributed by atoms with Crippen molar-refractivity contribution < 1.29 is 5.11 Å². The maximum Gasteiger partial charge on any atom is 0.260 e. The van der Waals surface area contributed by atoms with Gasteiger partial charge in [-0.1, -0.05) is 37.6 Å². The fourth-order valence-electron chi connectivity index (χ4n) is 4.37. The molecular weight excluding hydrogens is 476 g/mol. The van der Waals surface area contributed by atoms with Gasteiger partial charge in [-0.3, -0.25) is 14.3 Å². The highest BCUT2D eigenvalue weighted by Crippen LogP contribution is 2.31. The second kappa shape index (κ2) is 11.1. The van der Waals surface area contributed by atoms with Gasteiger partial charge in [0, 0.05) is 58.7 Å². The van der Waals surface area contributed by atoms with E-state index in [-0.39, 0.29) is 18.2 Å². The second-order valence-corrected chi connectivity index (χ2v) is 9.71. The Kier molecular flexibility index (Phi) is 7.96. The predicted molar refractivity (Wildman–Crippen MR) is 144 cm³/mol. The topological polar surface area (TPSA) is 106 Å². The smallest absolute Gasteiger partial charge is 0.260 e. The number of nitrogens with zero attached hydrogens (tertiary/aromatic N) is 5. The lowest BCUT2D eigenvalue weighted by molar-refractivity contribution is 0.272.